The smallest absolute Gasteiger partial charge is 0.300 e. The fraction of sp³-hybridized carbons (Fsp3) is 0.500. The molecule has 2 aromatic rings. The maximum Gasteiger partial charge on any atom is 0.300 e. The van der Waals surface area contributed by atoms with E-state index in [4.69, 9.17) is 9.29 Å². The van der Waals surface area contributed by atoms with Gasteiger partial charge in [-0.25, -0.2) is 8.78 Å². The Morgan fingerprint density at radius 3 is 1.79 bits per heavy atom. The van der Waals surface area contributed by atoms with E-state index in [1.807, 2.05) is 12.1 Å². The van der Waals surface area contributed by atoms with Gasteiger partial charge in [0.05, 0.1) is 0 Å². The topological polar surface area (TPSA) is 63.6 Å². The number of rotatable bonds is 5. The average molecular weight is 487 g/mol. The average Bonchev–Trinajstić information content (AvgIpc) is 2.81. The van der Waals surface area contributed by atoms with Crippen molar-refractivity contribution in [2.45, 2.75) is 80.9 Å². The molecule has 0 amide bonds. The van der Waals surface area contributed by atoms with E-state index < -0.39 is 44.0 Å². The first kappa shape index (κ1) is 24.0. The summed E-state index contributed by atoms with van der Waals surface area (Å²) in [4.78, 5) is -2.08. The van der Waals surface area contributed by atoms with E-state index in [0.717, 1.165) is 69.8 Å². The molecule has 4 nitrogen and oxygen atoms in total. The van der Waals surface area contributed by atoms with Gasteiger partial charge in [0.25, 0.3) is 0 Å². The van der Waals surface area contributed by atoms with Crippen LogP contribution in [0.2, 0.25) is 0 Å². The molecule has 0 spiro atoms. The largest absolute Gasteiger partial charge is 0.451 e. The molecule has 0 heterocycles. The van der Waals surface area contributed by atoms with E-state index in [9.17, 15) is 26.0 Å². The first-order chi connectivity index (χ1) is 15.7. The number of hydrogen-bond acceptors (Lipinski definition) is 3. The van der Waals surface area contributed by atoms with Crippen LogP contribution in [0.15, 0.2) is 23.1 Å². The van der Waals surface area contributed by atoms with Gasteiger partial charge in [-0.1, -0.05) is 50.7 Å². The first-order valence-corrected chi connectivity index (χ1v) is 12.8. The van der Waals surface area contributed by atoms with Crippen LogP contribution in [0.25, 0.3) is 0 Å². The zero-order valence-electron chi connectivity index (χ0n) is 18.0. The highest BCUT2D eigenvalue weighted by Gasteiger charge is 2.34. The van der Waals surface area contributed by atoms with Crippen molar-refractivity contribution in [2.24, 2.45) is 0 Å². The Balaban J connectivity index is 1.80. The highest BCUT2D eigenvalue weighted by Crippen LogP contribution is 2.44. The fourth-order valence-corrected chi connectivity index (χ4v) is 5.73. The molecule has 0 saturated heterocycles. The van der Waals surface area contributed by atoms with Gasteiger partial charge < -0.3 is 4.74 Å². The van der Waals surface area contributed by atoms with Crippen molar-refractivity contribution >= 4 is 10.1 Å². The zero-order chi connectivity index (χ0) is 23.8. The minimum absolute atomic E-state index is 0.0760. The Morgan fingerprint density at radius 2 is 1.27 bits per heavy atom. The van der Waals surface area contributed by atoms with Crippen molar-refractivity contribution in [3.8, 4) is 11.5 Å². The van der Waals surface area contributed by atoms with E-state index in [-0.39, 0.29) is 17.6 Å². The van der Waals surface area contributed by atoms with Gasteiger partial charge in [0.1, 0.15) is 5.75 Å². The maximum atomic E-state index is 14.7. The van der Waals surface area contributed by atoms with Crippen LogP contribution in [0.4, 0.5) is 17.6 Å². The van der Waals surface area contributed by atoms with E-state index in [0.29, 0.717) is 5.56 Å². The summed E-state index contributed by atoms with van der Waals surface area (Å²) in [5, 5.41) is 0. The summed E-state index contributed by atoms with van der Waals surface area (Å²) in [6.45, 7) is 0. The molecule has 0 unspecified atom stereocenters. The Morgan fingerprint density at radius 1 is 0.758 bits per heavy atom. The van der Waals surface area contributed by atoms with Crippen LogP contribution in [0.5, 0.6) is 11.5 Å². The van der Waals surface area contributed by atoms with Crippen molar-refractivity contribution in [3.63, 3.8) is 0 Å². The second-order valence-corrected chi connectivity index (χ2v) is 10.3. The molecule has 1 N–H and O–H groups in total. The van der Waals surface area contributed by atoms with Crippen molar-refractivity contribution in [2.75, 3.05) is 0 Å². The summed E-state index contributed by atoms with van der Waals surface area (Å²) in [5.41, 5.74) is 1.63. The molecule has 180 valence electrons. The number of ether oxygens (including phenoxy) is 1. The molecule has 2 aliphatic carbocycles. The molecule has 2 aromatic carbocycles. The summed E-state index contributed by atoms with van der Waals surface area (Å²) >= 11 is 0. The van der Waals surface area contributed by atoms with Crippen molar-refractivity contribution in [1.29, 1.82) is 0 Å². The summed E-state index contributed by atoms with van der Waals surface area (Å²) < 4.78 is 94.9. The van der Waals surface area contributed by atoms with Gasteiger partial charge in [-0.05, 0) is 54.7 Å². The minimum atomic E-state index is -5.53. The van der Waals surface area contributed by atoms with Gasteiger partial charge in [0.2, 0.25) is 17.4 Å². The Hall–Kier alpha value is -2.13. The molecule has 0 radical (unpaired) electrons. The molecular weight excluding hydrogens is 460 g/mol. The summed E-state index contributed by atoms with van der Waals surface area (Å²) in [6, 6.07) is 5.54. The Kier molecular flexibility index (Phi) is 7.00. The second kappa shape index (κ2) is 9.62. The molecule has 4 rings (SSSR count). The number of benzene rings is 2. The summed E-state index contributed by atoms with van der Waals surface area (Å²) in [5.74, 6) is -9.41. The lowest BCUT2D eigenvalue weighted by molar-refractivity contribution is 0.340. The molecule has 0 bridgehead atoms. The monoisotopic (exact) mass is 486 g/mol. The van der Waals surface area contributed by atoms with Crippen molar-refractivity contribution in [1.82, 2.24) is 0 Å². The molecular formula is C24H26F4O4S. The SMILES string of the molecule is O=S(=O)(O)c1c(F)c(F)c(Oc2cc(C3CCCCC3)ccc2C2CCCCC2)c(F)c1F. The number of halogens is 4. The lowest BCUT2D eigenvalue weighted by Crippen LogP contribution is -2.12. The van der Waals surface area contributed by atoms with Gasteiger partial charge in [-0.15, -0.1) is 0 Å². The normalized spacial score (nSPS) is 18.5. The van der Waals surface area contributed by atoms with Crippen LogP contribution in [0.1, 0.15) is 87.2 Å². The van der Waals surface area contributed by atoms with Crippen LogP contribution < -0.4 is 4.74 Å². The summed E-state index contributed by atoms with van der Waals surface area (Å²) in [6.07, 6.45) is 10.0. The third kappa shape index (κ3) is 4.89. The molecule has 0 aromatic heterocycles. The van der Waals surface area contributed by atoms with Crippen LogP contribution in [0.3, 0.4) is 0 Å². The van der Waals surface area contributed by atoms with Crippen LogP contribution >= 0.6 is 0 Å². The fourth-order valence-electron chi connectivity index (χ4n) is 5.10. The molecule has 33 heavy (non-hydrogen) atoms. The standard InChI is InChI=1S/C24H26F4O4S/c25-19-21(27)24(33(29,30)31)22(28)20(26)23(19)32-18-13-16(14-7-3-1-4-8-14)11-12-17(18)15-9-5-2-6-10-15/h11-15H,1-10H2,(H,29,30,31). The molecule has 2 aliphatic rings. The molecule has 9 heteroatoms. The van der Waals surface area contributed by atoms with Gasteiger partial charge >= 0.3 is 10.1 Å². The van der Waals surface area contributed by atoms with Crippen molar-refractivity contribution in [3.05, 3.63) is 52.6 Å². The van der Waals surface area contributed by atoms with Crippen molar-refractivity contribution < 1.29 is 35.3 Å². The zero-order valence-corrected chi connectivity index (χ0v) is 18.9. The highest BCUT2D eigenvalue weighted by atomic mass is 32.2. The Labute approximate surface area is 190 Å². The van der Waals surface area contributed by atoms with E-state index in [2.05, 4.69) is 0 Å². The lowest BCUT2D eigenvalue weighted by atomic mass is 9.80. The predicted molar refractivity (Wildman–Crippen MR) is 114 cm³/mol. The first-order valence-electron chi connectivity index (χ1n) is 11.3. The molecule has 0 atom stereocenters. The number of hydrogen-bond donors (Lipinski definition) is 1. The highest BCUT2D eigenvalue weighted by molar-refractivity contribution is 7.85. The molecule has 2 saturated carbocycles. The lowest BCUT2D eigenvalue weighted by Gasteiger charge is -2.27. The third-order valence-electron chi connectivity index (χ3n) is 6.81. The minimum Gasteiger partial charge on any atom is -0.451 e. The quantitative estimate of drug-likeness (QED) is 0.272. The van der Waals surface area contributed by atoms with Gasteiger partial charge in [0, 0.05) is 0 Å². The summed E-state index contributed by atoms with van der Waals surface area (Å²) in [7, 11) is -5.53. The van der Waals surface area contributed by atoms with E-state index in [1.54, 1.807) is 6.07 Å². The van der Waals surface area contributed by atoms with E-state index in [1.165, 1.54) is 0 Å². The third-order valence-corrected chi connectivity index (χ3v) is 7.69. The molecule has 0 aliphatic heterocycles. The second-order valence-electron chi connectivity index (χ2n) is 8.96. The molecule has 2 fully saturated rings. The van der Waals surface area contributed by atoms with Crippen LogP contribution in [-0.2, 0) is 10.1 Å². The van der Waals surface area contributed by atoms with E-state index >= 15 is 0 Å². The van der Waals surface area contributed by atoms with Crippen LogP contribution in [-0.4, -0.2) is 13.0 Å². The van der Waals surface area contributed by atoms with Gasteiger partial charge in [-0.3, -0.25) is 4.55 Å². The van der Waals surface area contributed by atoms with Gasteiger partial charge in [-0.2, -0.15) is 17.2 Å². The Bertz CT molecular complexity index is 1110. The van der Waals surface area contributed by atoms with Crippen LogP contribution in [0, 0.1) is 23.3 Å². The predicted octanol–water partition coefficient (Wildman–Crippen LogP) is 7.38. The van der Waals surface area contributed by atoms with Gasteiger partial charge in [0.15, 0.2) is 16.5 Å². The maximum absolute atomic E-state index is 14.7.